The lowest BCUT2D eigenvalue weighted by molar-refractivity contribution is 0.566. The van der Waals surface area contributed by atoms with Crippen molar-refractivity contribution in [2.24, 2.45) is 0 Å². The van der Waals surface area contributed by atoms with Crippen LogP contribution in [0.4, 0.5) is 0 Å². The Morgan fingerprint density at radius 2 is 1.04 bits per heavy atom. The summed E-state index contributed by atoms with van der Waals surface area (Å²) in [6, 6.07) is 71.8. The molecule has 268 valence electrons. The number of fused-ring (bicyclic) bond motifs is 19. The van der Waals surface area contributed by atoms with Crippen LogP contribution < -0.4 is 0 Å². The molecule has 9 aromatic rings. The average Bonchev–Trinajstić information content (AvgIpc) is 3.89. The minimum Gasteiger partial charge on any atom is -0.309 e. The van der Waals surface area contributed by atoms with Crippen LogP contribution >= 0.6 is 0 Å². The molecule has 2 spiro atoms. The van der Waals surface area contributed by atoms with Crippen LogP contribution in [0.2, 0.25) is 0 Å². The summed E-state index contributed by atoms with van der Waals surface area (Å²) in [7, 11) is 0. The van der Waals surface area contributed by atoms with Crippen LogP contribution in [0, 0.1) is 0 Å². The largest absolute Gasteiger partial charge is 0.309 e. The van der Waals surface area contributed by atoms with E-state index in [1.165, 1.54) is 107 Å². The molecule has 13 rings (SSSR count). The van der Waals surface area contributed by atoms with Gasteiger partial charge in [-0.2, -0.15) is 0 Å². The van der Waals surface area contributed by atoms with E-state index in [0.29, 0.717) is 5.92 Å². The smallest absolute Gasteiger partial charge is 0.0725 e. The second kappa shape index (κ2) is 11.4. The molecule has 0 aliphatic heterocycles. The van der Waals surface area contributed by atoms with Gasteiger partial charge in [0.2, 0.25) is 0 Å². The lowest BCUT2D eigenvalue weighted by atomic mass is 9.51. The summed E-state index contributed by atoms with van der Waals surface area (Å²) in [5, 5.41) is 2.55. The van der Waals surface area contributed by atoms with Crippen molar-refractivity contribution in [1.29, 1.82) is 0 Å². The van der Waals surface area contributed by atoms with Gasteiger partial charge in [-0.3, -0.25) is 0 Å². The Kier molecular flexibility index (Phi) is 6.32. The van der Waals surface area contributed by atoms with Gasteiger partial charge in [-0.25, -0.2) is 0 Å². The van der Waals surface area contributed by atoms with Crippen molar-refractivity contribution in [2.75, 3.05) is 0 Å². The zero-order chi connectivity index (χ0) is 37.3. The molecule has 1 heterocycles. The Morgan fingerprint density at radius 3 is 1.82 bits per heavy atom. The Hall–Kier alpha value is -6.70. The number of hydrogen-bond donors (Lipinski definition) is 0. The van der Waals surface area contributed by atoms with Crippen LogP contribution in [0.15, 0.2) is 200 Å². The number of nitrogens with zero attached hydrogens (tertiary/aromatic N) is 1. The van der Waals surface area contributed by atoms with E-state index < -0.39 is 10.8 Å². The van der Waals surface area contributed by atoms with Gasteiger partial charge in [-0.05, 0) is 116 Å². The van der Waals surface area contributed by atoms with Crippen molar-refractivity contribution in [1.82, 2.24) is 4.57 Å². The van der Waals surface area contributed by atoms with Gasteiger partial charge in [0.15, 0.2) is 0 Å². The maximum absolute atomic E-state index is 2.64. The number of benzene rings is 8. The van der Waals surface area contributed by atoms with Crippen LogP contribution in [0.5, 0.6) is 0 Å². The third-order valence-corrected chi connectivity index (χ3v) is 14.1. The fourth-order valence-electron chi connectivity index (χ4n) is 12.2. The molecule has 1 nitrogen and oxygen atoms in total. The second-order valence-electron chi connectivity index (χ2n) is 16.5. The van der Waals surface area contributed by atoms with Crippen molar-refractivity contribution in [3.05, 3.63) is 244 Å². The molecule has 0 saturated heterocycles. The predicted molar refractivity (Wildman–Crippen MR) is 235 cm³/mol. The number of para-hydroxylation sites is 2. The van der Waals surface area contributed by atoms with E-state index in [9.17, 15) is 0 Å². The molecule has 8 aromatic carbocycles. The maximum Gasteiger partial charge on any atom is 0.0725 e. The molecule has 2 atom stereocenters. The Bertz CT molecular complexity index is 3130. The van der Waals surface area contributed by atoms with Gasteiger partial charge >= 0.3 is 0 Å². The van der Waals surface area contributed by atoms with Crippen LogP contribution in [-0.4, -0.2) is 4.57 Å². The molecule has 1 aromatic heterocycles. The average molecular weight is 726 g/mol. The Labute approximate surface area is 333 Å². The van der Waals surface area contributed by atoms with Crippen LogP contribution in [0.25, 0.3) is 49.7 Å². The molecule has 0 N–H and O–H groups in total. The Morgan fingerprint density at radius 1 is 0.439 bits per heavy atom. The van der Waals surface area contributed by atoms with Gasteiger partial charge in [0.05, 0.1) is 21.9 Å². The van der Waals surface area contributed by atoms with E-state index in [1.54, 1.807) is 5.57 Å². The van der Waals surface area contributed by atoms with Gasteiger partial charge in [0.1, 0.15) is 0 Å². The normalized spacial score (nSPS) is 19.2. The Balaban J connectivity index is 1.22. The van der Waals surface area contributed by atoms with Crippen LogP contribution in [0.3, 0.4) is 0 Å². The number of hydrogen-bond acceptors (Lipinski definition) is 0. The quantitative estimate of drug-likeness (QED) is 0.156. The summed E-state index contributed by atoms with van der Waals surface area (Å²) in [5.41, 5.74) is 20.9. The highest BCUT2D eigenvalue weighted by Crippen LogP contribution is 2.70. The minimum absolute atomic E-state index is 0.398. The molecular formula is C56H39N. The van der Waals surface area contributed by atoms with Crippen LogP contribution in [-0.2, 0) is 10.8 Å². The van der Waals surface area contributed by atoms with Gasteiger partial charge in [0, 0.05) is 22.4 Å². The van der Waals surface area contributed by atoms with Crippen molar-refractivity contribution in [3.63, 3.8) is 0 Å². The SMILES string of the molecule is C1=C2C(CCC1)c1ccccc1C21c2ccccc2C2(c3ccccc3-c3ccccc32)c2c(-c3ccc4c5ccccc5n(-c5ccccc5)c4c3)cccc21. The summed E-state index contributed by atoms with van der Waals surface area (Å²) in [6.07, 6.45) is 6.18. The first kappa shape index (κ1) is 31.5. The highest BCUT2D eigenvalue weighted by atomic mass is 15.0. The van der Waals surface area contributed by atoms with Crippen molar-refractivity contribution < 1.29 is 0 Å². The summed E-state index contributed by atoms with van der Waals surface area (Å²) in [4.78, 5) is 0. The van der Waals surface area contributed by atoms with E-state index in [1.807, 2.05) is 0 Å². The molecule has 0 saturated carbocycles. The van der Waals surface area contributed by atoms with Gasteiger partial charge < -0.3 is 4.57 Å². The summed E-state index contributed by atoms with van der Waals surface area (Å²) >= 11 is 0. The minimum atomic E-state index is -0.524. The summed E-state index contributed by atoms with van der Waals surface area (Å²) in [5.74, 6) is 0.412. The molecule has 1 heteroatoms. The van der Waals surface area contributed by atoms with Gasteiger partial charge in [-0.1, -0.05) is 170 Å². The van der Waals surface area contributed by atoms with Crippen LogP contribution in [0.1, 0.15) is 69.7 Å². The molecule has 2 unspecified atom stereocenters. The standard InChI is InChI=1S/C56H39N/c1-2-17-37(18-3-1)57-52-32-15-8-23-43(52)44-34-33-36(35-53(44)57)38-24-16-31-51-54(38)56(47-27-11-6-21-41(47)42-22-7-12-28-48(42)56)50-30-14-13-29-49(50)55(51)45-25-9-4-19-39(45)40-20-5-10-26-46(40)55/h1-4,6-9,11-19,21-35,40H,5,10,20H2. The molecule has 0 fully saturated rings. The van der Waals surface area contributed by atoms with Gasteiger partial charge in [-0.15, -0.1) is 0 Å². The molecule has 57 heavy (non-hydrogen) atoms. The van der Waals surface area contributed by atoms with E-state index in [2.05, 4.69) is 199 Å². The van der Waals surface area contributed by atoms with E-state index in [4.69, 9.17) is 0 Å². The molecule has 4 aliphatic carbocycles. The second-order valence-corrected chi connectivity index (χ2v) is 16.5. The first-order chi connectivity index (χ1) is 28.3. The van der Waals surface area contributed by atoms with E-state index in [-0.39, 0.29) is 0 Å². The zero-order valence-electron chi connectivity index (χ0n) is 31.6. The molecule has 0 amide bonds. The molecule has 0 bridgehead atoms. The lowest BCUT2D eigenvalue weighted by Crippen LogP contribution is -2.44. The van der Waals surface area contributed by atoms with E-state index >= 15 is 0 Å². The van der Waals surface area contributed by atoms with Crippen molar-refractivity contribution in [2.45, 2.75) is 36.0 Å². The third-order valence-electron chi connectivity index (χ3n) is 14.1. The summed E-state index contributed by atoms with van der Waals surface area (Å²) in [6.45, 7) is 0. The fourth-order valence-corrected chi connectivity index (χ4v) is 12.2. The highest BCUT2D eigenvalue weighted by molar-refractivity contribution is 6.10. The topological polar surface area (TPSA) is 4.93 Å². The first-order valence-corrected chi connectivity index (χ1v) is 20.6. The lowest BCUT2D eigenvalue weighted by Gasteiger charge is -2.50. The monoisotopic (exact) mass is 725 g/mol. The predicted octanol–water partition coefficient (Wildman–Crippen LogP) is 13.7. The van der Waals surface area contributed by atoms with Gasteiger partial charge in [0.25, 0.3) is 0 Å². The van der Waals surface area contributed by atoms with E-state index in [0.717, 1.165) is 6.42 Å². The van der Waals surface area contributed by atoms with Crippen molar-refractivity contribution in [3.8, 4) is 27.9 Å². The number of rotatable bonds is 2. The number of allylic oxidation sites excluding steroid dienone is 2. The third kappa shape index (κ3) is 3.80. The summed E-state index contributed by atoms with van der Waals surface area (Å²) < 4.78 is 2.46. The maximum atomic E-state index is 2.64. The number of aromatic nitrogens is 1. The molecule has 4 aliphatic rings. The fraction of sp³-hybridized carbons (Fsp3) is 0.107. The highest BCUT2D eigenvalue weighted by Gasteiger charge is 2.61. The van der Waals surface area contributed by atoms with Crippen molar-refractivity contribution >= 4 is 21.8 Å². The first-order valence-electron chi connectivity index (χ1n) is 20.6. The molecular weight excluding hydrogens is 687 g/mol. The zero-order valence-corrected chi connectivity index (χ0v) is 31.6. The molecule has 0 radical (unpaired) electrons.